The van der Waals surface area contributed by atoms with Crippen LogP contribution in [0.2, 0.25) is 0 Å². The monoisotopic (exact) mass is 369 g/mol. The van der Waals surface area contributed by atoms with Crippen molar-refractivity contribution in [2.45, 2.75) is 32.9 Å². The smallest absolute Gasteiger partial charge is 0.251 e. The number of methoxy groups -OCH3 is 1. The van der Waals surface area contributed by atoms with Crippen molar-refractivity contribution in [1.82, 2.24) is 10.6 Å². The van der Waals surface area contributed by atoms with Crippen LogP contribution in [0, 0.1) is 0 Å². The third-order valence-electron chi connectivity index (χ3n) is 3.67. The first-order chi connectivity index (χ1) is 12.8. The summed E-state index contributed by atoms with van der Waals surface area (Å²) < 4.78 is 5.12. The van der Waals surface area contributed by atoms with E-state index >= 15 is 0 Å². The molecule has 0 spiro atoms. The summed E-state index contributed by atoms with van der Waals surface area (Å²) >= 11 is 0. The normalized spacial score (nSPS) is 11.0. The van der Waals surface area contributed by atoms with Crippen molar-refractivity contribution in [1.29, 1.82) is 0 Å². The summed E-state index contributed by atoms with van der Waals surface area (Å²) in [5.41, 5.74) is 1.84. The molecule has 27 heavy (non-hydrogen) atoms. The lowest BCUT2D eigenvalue weighted by Gasteiger charge is -2.20. The number of anilines is 1. The second kappa shape index (κ2) is 9.19. The van der Waals surface area contributed by atoms with Crippen molar-refractivity contribution >= 4 is 17.5 Å². The average molecular weight is 369 g/mol. The summed E-state index contributed by atoms with van der Waals surface area (Å²) in [6, 6.07) is 14.5. The van der Waals surface area contributed by atoms with Crippen LogP contribution in [0.1, 0.15) is 36.7 Å². The Balaban J connectivity index is 1.84. The zero-order valence-corrected chi connectivity index (χ0v) is 16.3. The molecule has 0 saturated carbocycles. The number of hydrogen-bond donors (Lipinski definition) is 3. The Morgan fingerprint density at radius 3 is 2.37 bits per heavy atom. The van der Waals surface area contributed by atoms with Crippen molar-refractivity contribution in [3.63, 3.8) is 0 Å². The molecule has 6 heteroatoms. The molecule has 0 fully saturated rings. The fraction of sp³-hybridized carbons (Fsp3) is 0.333. The molecule has 3 N–H and O–H groups in total. The summed E-state index contributed by atoms with van der Waals surface area (Å²) in [4.78, 5) is 24.3. The van der Waals surface area contributed by atoms with Gasteiger partial charge in [0.25, 0.3) is 5.91 Å². The van der Waals surface area contributed by atoms with Crippen molar-refractivity contribution in [2.75, 3.05) is 19.0 Å². The number of rotatable bonds is 7. The van der Waals surface area contributed by atoms with E-state index in [-0.39, 0.29) is 23.9 Å². The second-order valence-corrected chi connectivity index (χ2v) is 7.28. The van der Waals surface area contributed by atoms with Gasteiger partial charge in [0, 0.05) is 23.3 Å². The van der Waals surface area contributed by atoms with E-state index in [2.05, 4.69) is 16.0 Å². The van der Waals surface area contributed by atoms with Crippen molar-refractivity contribution in [3.8, 4) is 5.75 Å². The summed E-state index contributed by atoms with van der Waals surface area (Å²) in [5, 5.41) is 8.80. The van der Waals surface area contributed by atoms with E-state index in [0.717, 1.165) is 11.3 Å². The summed E-state index contributed by atoms with van der Waals surface area (Å²) in [6.45, 7) is 6.51. The maximum Gasteiger partial charge on any atom is 0.251 e. The Kier molecular flexibility index (Phi) is 6.96. The number of carbonyl (C=O) groups excluding carboxylic acids is 2. The molecule has 2 aromatic rings. The third kappa shape index (κ3) is 7.11. The van der Waals surface area contributed by atoms with Crippen LogP contribution in [0.3, 0.4) is 0 Å². The zero-order valence-electron chi connectivity index (χ0n) is 16.3. The van der Waals surface area contributed by atoms with Gasteiger partial charge in [-0.05, 0) is 56.7 Å². The minimum absolute atomic E-state index is 0.170. The quantitative estimate of drug-likeness (QED) is 0.701. The first-order valence-electron chi connectivity index (χ1n) is 8.83. The molecule has 0 atom stereocenters. The van der Waals surface area contributed by atoms with Crippen LogP contribution in [-0.2, 0) is 11.3 Å². The maximum atomic E-state index is 12.2. The van der Waals surface area contributed by atoms with Crippen molar-refractivity contribution in [2.24, 2.45) is 0 Å². The second-order valence-electron chi connectivity index (χ2n) is 7.28. The van der Waals surface area contributed by atoms with E-state index in [1.165, 1.54) is 0 Å². The third-order valence-corrected chi connectivity index (χ3v) is 3.67. The lowest BCUT2D eigenvalue weighted by molar-refractivity contribution is -0.115. The predicted octanol–water partition coefficient (Wildman–Crippen LogP) is 2.95. The summed E-state index contributed by atoms with van der Waals surface area (Å²) in [7, 11) is 1.62. The molecule has 0 heterocycles. The lowest BCUT2D eigenvalue weighted by atomic mass is 10.1. The Bertz CT molecular complexity index is 780. The van der Waals surface area contributed by atoms with Crippen LogP contribution in [0.4, 0.5) is 5.69 Å². The lowest BCUT2D eigenvalue weighted by Crippen LogP contribution is -2.40. The van der Waals surface area contributed by atoms with Gasteiger partial charge in [-0.3, -0.25) is 9.59 Å². The molecule has 0 bridgehead atoms. The van der Waals surface area contributed by atoms with E-state index < -0.39 is 0 Å². The van der Waals surface area contributed by atoms with Crippen LogP contribution in [-0.4, -0.2) is 31.0 Å². The van der Waals surface area contributed by atoms with Gasteiger partial charge in [0.15, 0.2) is 0 Å². The van der Waals surface area contributed by atoms with Gasteiger partial charge in [-0.25, -0.2) is 0 Å². The van der Waals surface area contributed by atoms with Gasteiger partial charge in [0.2, 0.25) is 5.91 Å². The topological polar surface area (TPSA) is 79.5 Å². The highest BCUT2D eigenvalue weighted by Gasteiger charge is 2.15. The Hall–Kier alpha value is -2.86. The molecule has 2 rings (SSSR count). The Labute approximate surface area is 160 Å². The molecule has 0 aromatic heterocycles. The van der Waals surface area contributed by atoms with Gasteiger partial charge in [-0.2, -0.15) is 0 Å². The first-order valence-corrected chi connectivity index (χ1v) is 8.83. The zero-order chi connectivity index (χ0) is 19.9. The van der Waals surface area contributed by atoms with Gasteiger partial charge >= 0.3 is 0 Å². The van der Waals surface area contributed by atoms with Gasteiger partial charge in [-0.1, -0.05) is 18.2 Å². The number of hydrogen-bond acceptors (Lipinski definition) is 4. The minimum Gasteiger partial charge on any atom is -0.497 e. The van der Waals surface area contributed by atoms with Gasteiger partial charge in [0.05, 0.1) is 13.7 Å². The standard InChI is InChI=1S/C21H27N3O3/c1-21(2,3)24-20(26)16-6-5-7-17(12-16)23-19(25)14-22-13-15-8-10-18(27-4)11-9-15/h5-12,22H,13-14H2,1-4H3,(H,23,25)(H,24,26). The highest BCUT2D eigenvalue weighted by Crippen LogP contribution is 2.13. The van der Waals surface area contributed by atoms with Crippen molar-refractivity contribution < 1.29 is 14.3 Å². The SMILES string of the molecule is COc1ccc(CNCC(=O)Nc2cccc(C(=O)NC(C)(C)C)c2)cc1. The predicted molar refractivity (Wildman–Crippen MR) is 107 cm³/mol. The van der Waals surface area contributed by atoms with Gasteiger partial charge < -0.3 is 20.7 Å². The van der Waals surface area contributed by atoms with E-state index in [1.54, 1.807) is 31.4 Å². The van der Waals surface area contributed by atoms with Gasteiger partial charge in [0.1, 0.15) is 5.75 Å². The van der Waals surface area contributed by atoms with E-state index in [0.29, 0.717) is 17.8 Å². The molecule has 0 aliphatic carbocycles. The molecule has 0 aliphatic heterocycles. The van der Waals surface area contributed by atoms with E-state index in [4.69, 9.17) is 4.74 Å². The molecular weight excluding hydrogens is 342 g/mol. The van der Waals surface area contributed by atoms with Crippen LogP contribution in [0.25, 0.3) is 0 Å². The molecule has 2 aromatic carbocycles. The van der Waals surface area contributed by atoms with E-state index in [9.17, 15) is 9.59 Å². The Morgan fingerprint density at radius 1 is 1.04 bits per heavy atom. The molecular formula is C21H27N3O3. The number of ether oxygens (including phenoxy) is 1. The van der Waals surface area contributed by atoms with Gasteiger partial charge in [-0.15, -0.1) is 0 Å². The largest absolute Gasteiger partial charge is 0.497 e. The van der Waals surface area contributed by atoms with E-state index in [1.807, 2.05) is 45.0 Å². The van der Waals surface area contributed by atoms with Crippen LogP contribution < -0.4 is 20.7 Å². The number of carbonyl (C=O) groups is 2. The minimum atomic E-state index is -0.318. The van der Waals surface area contributed by atoms with Crippen molar-refractivity contribution in [3.05, 3.63) is 59.7 Å². The average Bonchev–Trinajstić information content (AvgIpc) is 2.61. The summed E-state index contributed by atoms with van der Waals surface area (Å²) in [5.74, 6) is 0.458. The fourth-order valence-electron chi connectivity index (χ4n) is 2.42. The molecule has 6 nitrogen and oxygen atoms in total. The van der Waals surface area contributed by atoms with Crippen LogP contribution in [0.15, 0.2) is 48.5 Å². The molecule has 0 aliphatic rings. The first kappa shape index (κ1) is 20.5. The highest BCUT2D eigenvalue weighted by atomic mass is 16.5. The maximum absolute atomic E-state index is 12.2. The highest BCUT2D eigenvalue weighted by molar-refractivity contribution is 5.97. The Morgan fingerprint density at radius 2 is 1.74 bits per heavy atom. The number of nitrogens with one attached hydrogen (secondary N) is 3. The number of benzene rings is 2. The molecule has 0 radical (unpaired) electrons. The van der Waals surface area contributed by atoms with Crippen LogP contribution in [0.5, 0.6) is 5.75 Å². The molecule has 0 saturated heterocycles. The molecule has 2 amide bonds. The molecule has 144 valence electrons. The van der Waals surface area contributed by atoms with Crippen LogP contribution >= 0.6 is 0 Å². The molecule has 0 unspecified atom stereocenters. The number of amides is 2. The fourth-order valence-corrected chi connectivity index (χ4v) is 2.42. The summed E-state index contributed by atoms with van der Waals surface area (Å²) in [6.07, 6.45) is 0.